The van der Waals surface area contributed by atoms with Crippen LogP contribution in [0.2, 0.25) is 0 Å². The Kier molecular flexibility index (Phi) is 8.15. The van der Waals surface area contributed by atoms with Crippen molar-refractivity contribution in [2.75, 3.05) is 19.8 Å². The number of unbranched alkanes of at least 4 members (excludes halogenated alkanes) is 3. The fourth-order valence-electron chi connectivity index (χ4n) is 4.16. The second-order valence-corrected chi connectivity index (χ2v) is 8.92. The van der Waals surface area contributed by atoms with Crippen molar-refractivity contribution in [1.82, 2.24) is 5.06 Å². The van der Waals surface area contributed by atoms with E-state index in [1.807, 2.05) is 0 Å². The van der Waals surface area contributed by atoms with Gasteiger partial charge in [0.15, 0.2) is 6.29 Å². The monoisotopic (exact) mass is 357 g/mol. The van der Waals surface area contributed by atoms with Crippen LogP contribution in [0, 0.1) is 0 Å². The first-order chi connectivity index (χ1) is 11.8. The van der Waals surface area contributed by atoms with E-state index in [0.717, 1.165) is 51.9 Å². The summed E-state index contributed by atoms with van der Waals surface area (Å²) in [4.78, 5) is 0. The summed E-state index contributed by atoms with van der Waals surface area (Å²) in [7, 11) is 0. The van der Waals surface area contributed by atoms with Crippen molar-refractivity contribution >= 4 is 0 Å². The summed E-state index contributed by atoms with van der Waals surface area (Å²) in [5, 5.41) is 11.8. The Morgan fingerprint density at radius 1 is 0.920 bits per heavy atom. The van der Waals surface area contributed by atoms with Crippen LogP contribution in [0.15, 0.2) is 0 Å². The number of rotatable bonds is 9. The van der Waals surface area contributed by atoms with Gasteiger partial charge in [-0.25, -0.2) is 0 Å². The zero-order chi connectivity index (χ0) is 18.3. The molecule has 1 N–H and O–H groups in total. The van der Waals surface area contributed by atoms with Crippen molar-refractivity contribution in [2.45, 2.75) is 109 Å². The van der Waals surface area contributed by atoms with Crippen LogP contribution >= 0.6 is 0 Å². The van der Waals surface area contributed by atoms with E-state index >= 15 is 0 Å². The molecular weight excluding hydrogens is 318 g/mol. The first-order valence-electron chi connectivity index (χ1n) is 10.2. The largest absolute Gasteiger partial charge is 0.378 e. The number of ether oxygens (including phenoxy) is 3. The third-order valence-electron chi connectivity index (χ3n) is 5.44. The molecule has 0 spiro atoms. The molecule has 0 bridgehead atoms. The van der Waals surface area contributed by atoms with E-state index in [-0.39, 0.29) is 23.5 Å². The lowest BCUT2D eigenvalue weighted by molar-refractivity contribution is -0.261. The summed E-state index contributed by atoms with van der Waals surface area (Å²) in [6.07, 6.45) is 10.0. The highest BCUT2D eigenvalue weighted by atomic mass is 16.7. The molecule has 0 amide bonds. The molecule has 2 heterocycles. The van der Waals surface area contributed by atoms with E-state index in [2.05, 4.69) is 27.7 Å². The van der Waals surface area contributed by atoms with Crippen LogP contribution in [-0.2, 0) is 14.2 Å². The van der Waals surface area contributed by atoms with E-state index in [1.165, 1.54) is 30.7 Å². The average Bonchev–Trinajstić information content (AvgIpc) is 2.55. The highest BCUT2D eigenvalue weighted by molar-refractivity contribution is 4.96. The topological polar surface area (TPSA) is 51.2 Å². The van der Waals surface area contributed by atoms with Gasteiger partial charge in [0.05, 0.1) is 6.10 Å². The molecule has 0 aromatic carbocycles. The van der Waals surface area contributed by atoms with Crippen molar-refractivity contribution in [3.63, 3.8) is 0 Å². The van der Waals surface area contributed by atoms with Gasteiger partial charge >= 0.3 is 0 Å². The van der Waals surface area contributed by atoms with Gasteiger partial charge in [0.25, 0.3) is 0 Å². The molecule has 2 rings (SSSR count). The lowest BCUT2D eigenvalue weighted by Gasteiger charge is -2.51. The van der Waals surface area contributed by atoms with Gasteiger partial charge in [0.1, 0.15) is 0 Å². The van der Waals surface area contributed by atoms with Crippen molar-refractivity contribution in [1.29, 1.82) is 0 Å². The summed E-state index contributed by atoms with van der Waals surface area (Å²) in [6.45, 7) is 10.8. The van der Waals surface area contributed by atoms with Crippen LogP contribution in [0.5, 0.6) is 0 Å². The molecule has 1 unspecified atom stereocenters. The van der Waals surface area contributed by atoms with Gasteiger partial charge < -0.3 is 19.4 Å². The molecule has 5 nitrogen and oxygen atoms in total. The second kappa shape index (κ2) is 9.65. The Morgan fingerprint density at radius 3 is 2.08 bits per heavy atom. The van der Waals surface area contributed by atoms with Crippen LogP contribution in [0.3, 0.4) is 0 Å². The van der Waals surface area contributed by atoms with Gasteiger partial charge in [-0.2, -0.15) is 5.06 Å². The number of nitrogens with zero attached hydrogens (tertiary/aromatic N) is 1. The summed E-state index contributed by atoms with van der Waals surface area (Å²) >= 11 is 0. The quantitative estimate of drug-likeness (QED) is 0.615. The third-order valence-corrected chi connectivity index (χ3v) is 5.44. The molecule has 0 radical (unpaired) electrons. The van der Waals surface area contributed by atoms with Crippen molar-refractivity contribution in [3.05, 3.63) is 0 Å². The van der Waals surface area contributed by atoms with Crippen LogP contribution in [-0.4, -0.2) is 53.6 Å². The van der Waals surface area contributed by atoms with E-state index in [4.69, 9.17) is 14.2 Å². The Balaban J connectivity index is 1.50. The van der Waals surface area contributed by atoms with E-state index < -0.39 is 0 Å². The lowest BCUT2D eigenvalue weighted by atomic mass is 9.80. The van der Waals surface area contributed by atoms with Crippen LogP contribution in [0.25, 0.3) is 0 Å². The predicted molar refractivity (Wildman–Crippen MR) is 98.8 cm³/mol. The fourth-order valence-corrected chi connectivity index (χ4v) is 4.16. The van der Waals surface area contributed by atoms with Gasteiger partial charge in [-0.1, -0.05) is 12.8 Å². The molecule has 25 heavy (non-hydrogen) atoms. The lowest BCUT2D eigenvalue weighted by Crippen LogP contribution is -2.60. The normalized spacial score (nSPS) is 27.5. The molecule has 5 heteroatoms. The minimum Gasteiger partial charge on any atom is -0.378 e. The molecule has 2 fully saturated rings. The zero-order valence-electron chi connectivity index (χ0n) is 16.8. The standard InChI is InChI=1S/C20H39NO4/c1-19(2)15-17(16-20(3,4)21(19)22)23-12-8-5-6-9-13-24-18-11-7-10-14-25-18/h17-18,22H,5-16H2,1-4H3. The number of hydrogen-bond donors (Lipinski definition) is 1. The maximum absolute atomic E-state index is 10.3. The van der Waals surface area contributed by atoms with E-state index in [0.29, 0.717) is 0 Å². The summed E-state index contributed by atoms with van der Waals surface area (Å²) in [5.41, 5.74) is -0.462. The summed E-state index contributed by atoms with van der Waals surface area (Å²) in [6, 6.07) is 0. The van der Waals surface area contributed by atoms with Crippen LogP contribution in [0.1, 0.15) is 85.5 Å². The van der Waals surface area contributed by atoms with Crippen molar-refractivity contribution in [2.24, 2.45) is 0 Å². The van der Waals surface area contributed by atoms with Crippen LogP contribution in [0.4, 0.5) is 0 Å². The van der Waals surface area contributed by atoms with E-state index in [9.17, 15) is 5.21 Å². The molecule has 2 aliphatic heterocycles. The maximum atomic E-state index is 10.3. The SMILES string of the molecule is CC1(C)CC(OCCCCCCOC2CCCCO2)CC(C)(C)N1O. The Hall–Kier alpha value is -0.200. The zero-order valence-corrected chi connectivity index (χ0v) is 16.8. The summed E-state index contributed by atoms with van der Waals surface area (Å²) in [5.74, 6) is 0. The molecule has 1 atom stereocenters. The van der Waals surface area contributed by atoms with Gasteiger partial charge in [-0.15, -0.1) is 0 Å². The Morgan fingerprint density at radius 2 is 1.52 bits per heavy atom. The van der Waals surface area contributed by atoms with Gasteiger partial charge in [0.2, 0.25) is 0 Å². The first kappa shape index (κ1) is 21.1. The summed E-state index contributed by atoms with van der Waals surface area (Å²) < 4.78 is 17.4. The van der Waals surface area contributed by atoms with Gasteiger partial charge in [0, 0.05) is 30.9 Å². The van der Waals surface area contributed by atoms with Crippen molar-refractivity contribution < 1.29 is 19.4 Å². The molecule has 0 saturated carbocycles. The first-order valence-corrected chi connectivity index (χ1v) is 10.2. The van der Waals surface area contributed by atoms with Gasteiger partial charge in [-0.3, -0.25) is 0 Å². The predicted octanol–water partition coefficient (Wildman–Crippen LogP) is 4.52. The average molecular weight is 358 g/mol. The molecule has 2 aliphatic rings. The molecule has 0 aromatic heterocycles. The van der Waals surface area contributed by atoms with E-state index in [1.54, 1.807) is 0 Å². The minimum atomic E-state index is -0.231. The number of piperidine rings is 1. The molecule has 2 saturated heterocycles. The third kappa shape index (κ3) is 6.79. The highest BCUT2D eigenvalue weighted by Crippen LogP contribution is 2.37. The van der Waals surface area contributed by atoms with Gasteiger partial charge in [-0.05, 0) is 72.6 Å². The smallest absolute Gasteiger partial charge is 0.157 e. The Labute approximate surface area is 154 Å². The van der Waals surface area contributed by atoms with Crippen molar-refractivity contribution in [3.8, 4) is 0 Å². The fraction of sp³-hybridized carbons (Fsp3) is 1.00. The Bertz CT molecular complexity index is 362. The maximum Gasteiger partial charge on any atom is 0.157 e. The number of hydrogen-bond acceptors (Lipinski definition) is 5. The molecule has 0 aromatic rings. The minimum absolute atomic E-state index is 0.0428. The van der Waals surface area contributed by atoms with Crippen LogP contribution < -0.4 is 0 Å². The highest BCUT2D eigenvalue weighted by Gasteiger charge is 2.45. The number of hydroxylamine groups is 2. The molecular formula is C20H39NO4. The molecule has 0 aliphatic carbocycles. The molecule has 148 valence electrons. The second-order valence-electron chi connectivity index (χ2n) is 8.92.